The van der Waals surface area contributed by atoms with Crippen LogP contribution < -0.4 is 5.32 Å². The van der Waals surface area contributed by atoms with Gasteiger partial charge in [-0.2, -0.15) is 0 Å². The van der Waals surface area contributed by atoms with E-state index in [1.54, 1.807) is 0 Å². The second-order valence-corrected chi connectivity index (χ2v) is 4.04. The predicted octanol–water partition coefficient (Wildman–Crippen LogP) is 0.707. The number of rotatable bonds is 1. The third-order valence-electron chi connectivity index (χ3n) is 3.25. The molecular formula is C9H15NO2. The van der Waals surface area contributed by atoms with Crippen LogP contribution in [0.15, 0.2) is 0 Å². The van der Waals surface area contributed by atoms with Crippen LogP contribution in [0.2, 0.25) is 0 Å². The fraction of sp³-hybridized carbons (Fsp3) is 0.889. The Labute approximate surface area is 72.2 Å². The van der Waals surface area contributed by atoms with Gasteiger partial charge in [-0.3, -0.25) is 4.79 Å². The molecule has 0 spiro atoms. The van der Waals surface area contributed by atoms with Crippen molar-refractivity contribution in [2.45, 2.75) is 19.3 Å². The third-order valence-corrected chi connectivity index (χ3v) is 3.25. The van der Waals surface area contributed by atoms with Gasteiger partial charge in [-0.1, -0.05) is 0 Å². The lowest BCUT2D eigenvalue weighted by molar-refractivity contribution is -0.143. The molecule has 0 radical (unpaired) electrons. The van der Waals surface area contributed by atoms with Crippen LogP contribution in [0.1, 0.15) is 19.3 Å². The van der Waals surface area contributed by atoms with Gasteiger partial charge in [-0.05, 0) is 44.2 Å². The lowest BCUT2D eigenvalue weighted by atomic mass is 9.96. The Hall–Kier alpha value is -0.570. The van der Waals surface area contributed by atoms with Crippen LogP contribution in [0.4, 0.5) is 0 Å². The molecule has 3 atom stereocenters. The minimum atomic E-state index is -0.591. The first kappa shape index (κ1) is 8.05. The maximum absolute atomic E-state index is 10.8. The summed E-state index contributed by atoms with van der Waals surface area (Å²) in [7, 11) is 0. The van der Waals surface area contributed by atoms with Crippen LogP contribution in [0.25, 0.3) is 0 Å². The minimum absolute atomic E-state index is 0.0669. The van der Waals surface area contributed by atoms with Crippen LogP contribution >= 0.6 is 0 Å². The maximum Gasteiger partial charge on any atom is 0.306 e. The highest BCUT2D eigenvalue weighted by Gasteiger charge is 2.39. The fourth-order valence-electron chi connectivity index (χ4n) is 2.60. The molecule has 3 heteroatoms. The predicted molar refractivity (Wildman–Crippen MR) is 44.8 cm³/mol. The summed E-state index contributed by atoms with van der Waals surface area (Å²) in [5.74, 6) is 0.412. The zero-order chi connectivity index (χ0) is 8.55. The molecule has 2 aliphatic rings. The van der Waals surface area contributed by atoms with E-state index in [1.807, 2.05) is 0 Å². The minimum Gasteiger partial charge on any atom is -0.481 e. The van der Waals surface area contributed by atoms with Crippen molar-refractivity contribution in [3.8, 4) is 0 Å². The molecule has 2 rings (SSSR count). The summed E-state index contributed by atoms with van der Waals surface area (Å²) < 4.78 is 0. The maximum atomic E-state index is 10.8. The van der Waals surface area contributed by atoms with Crippen LogP contribution in [-0.4, -0.2) is 24.2 Å². The normalized spacial score (nSPS) is 40.8. The second-order valence-electron chi connectivity index (χ2n) is 4.04. The Morgan fingerprint density at radius 2 is 2.25 bits per heavy atom. The van der Waals surface area contributed by atoms with Crippen molar-refractivity contribution in [3.05, 3.63) is 0 Å². The first-order chi connectivity index (χ1) is 5.77. The van der Waals surface area contributed by atoms with Gasteiger partial charge >= 0.3 is 5.97 Å². The average Bonchev–Trinajstić information content (AvgIpc) is 2.23. The van der Waals surface area contributed by atoms with Gasteiger partial charge in [-0.25, -0.2) is 0 Å². The number of carboxylic acids is 1. The van der Waals surface area contributed by atoms with Gasteiger partial charge in [0.1, 0.15) is 0 Å². The van der Waals surface area contributed by atoms with Crippen molar-refractivity contribution in [1.82, 2.24) is 5.32 Å². The average molecular weight is 169 g/mol. The van der Waals surface area contributed by atoms with Gasteiger partial charge in [0, 0.05) is 0 Å². The summed E-state index contributed by atoms with van der Waals surface area (Å²) in [5, 5.41) is 12.2. The molecule has 12 heavy (non-hydrogen) atoms. The van der Waals surface area contributed by atoms with Gasteiger partial charge in [0.05, 0.1) is 5.92 Å². The van der Waals surface area contributed by atoms with E-state index in [1.165, 1.54) is 6.42 Å². The van der Waals surface area contributed by atoms with Crippen LogP contribution in [0.5, 0.6) is 0 Å². The highest BCUT2D eigenvalue weighted by Crippen LogP contribution is 2.39. The fourth-order valence-corrected chi connectivity index (χ4v) is 2.60. The van der Waals surface area contributed by atoms with Crippen LogP contribution in [0, 0.1) is 17.8 Å². The Morgan fingerprint density at radius 1 is 1.42 bits per heavy atom. The first-order valence-corrected chi connectivity index (χ1v) is 4.71. The SMILES string of the molecule is O=C(O)C1CC2CCNCC1C2. The molecule has 0 aromatic heterocycles. The topological polar surface area (TPSA) is 49.3 Å². The Bertz CT molecular complexity index is 193. The third kappa shape index (κ3) is 1.33. The molecule has 0 amide bonds. The van der Waals surface area contributed by atoms with E-state index in [2.05, 4.69) is 5.32 Å². The molecule has 3 unspecified atom stereocenters. The van der Waals surface area contributed by atoms with Crippen molar-refractivity contribution < 1.29 is 9.90 Å². The van der Waals surface area contributed by atoms with Crippen molar-refractivity contribution in [3.63, 3.8) is 0 Å². The summed E-state index contributed by atoms with van der Waals surface area (Å²) in [5.41, 5.74) is 0. The summed E-state index contributed by atoms with van der Waals surface area (Å²) in [6.07, 6.45) is 3.21. The lowest BCUT2D eigenvalue weighted by Crippen LogP contribution is -2.29. The highest BCUT2D eigenvalue weighted by atomic mass is 16.4. The number of nitrogens with one attached hydrogen (secondary N) is 1. The van der Waals surface area contributed by atoms with E-state index in [4.69, 9.17) is 5.11 Å². The molecule has 2 N–H and O–H groups in total. The molecule has 1 saturated heterocycles. The molecule has 2 fully saturated rings. The highest BCUT2D eigenvalue weighted by molar-refractivity contribution is 5.70. The largest absolute Gasteiger partial charge is 0.481 e. The zero-order valence-electron chi connectivity index (χ0n) is 7.12. The van der Waals surface area contributed by atoms with Crippen LogP contribution in [-0.2, 0) is 4.79 Å². The van der Waals surface area contributed by atoms with E-state index in [-0.39, 0.29) is 5.92 Å². The molecular weight excluding hydrogens is 154 g/mol. The molecule has 68 valence electrons. The number of carboxylic acid groups (broad SMARTS) is 1. The molecule has 2 bridgehead atoms. The van der Waals surface area contributed by atoms with Crippen molar-refractivity contribution >= 4 is 5.97 Å². The monoisotopic (exact) mass is 169 g/mol. The summed E-state index contributed by atoms with van der Waals surface area (Å²) >= 11 is 0. The smallest absolute Gasteiger partial charge is 0.306 e. The van der Waals surface area contributed by atoms with Gasteiger partial charge in [0.25, 0.3) is 0 Å². The molecule has 1 aliphatic carbocycles. The quantitative estimate of drug-likeness (QED) is 0.607. The number of hydrogen-bond donors (Lipinski definition) is 2. The van der Waals surface area contributed by atoms with Gasteiger partial charge in [0.2, 0.25) is 0 Å². The standard InChI is InChI=1S/C9H15NO2/c11-9(12)8-4-6-1-2-10-5-7(8)3-6/h6-8,10H,1-5H2,(H,11,12). The number of carbonyl (C=O) groups is 1. The molecule has 0 aromatic carbocycles. The van der Waals surface area contributed by atoms with E-state index in [0.29, 0.717) is 11.8 Å². The lowest BCUT2D eigenvalue weighted by Gasteiger charge is -2.16. The molecule has 0 aromatic rings. The van der Waals surface area contributed by atoms with E-state index < -0.39 is 5.97 Å². The molecule has 1 heterocycles. The molecule has 1 aliphatic heterocycles. The summed E-state index contributed by atoms with van der Waals surface area (Å²) in [6, 6.07) is 0. The molecule has 1 saturated carbocycles. The Morgan fingerprint density at radius 3 is 3.00 bits per heavy atom. The zero-order valence-corrected chi connectivity index (χ0v) is 7.12. The molecule has 3 nitrogen and oxygen atoms in total. The summed E-state index contributed by atoms with van der Waals surface area (Å²) in [6.45, 7) is 1.99. The number of aliphatic carboxylic acids is 1. The van der Waals surface area contributed by atoms with Gasteiger partial charge in [-0.15, -0.1) is 0 Å². The van der Waals surface area contributed by atoms with Gasteiger partial charge < -0.3 is 10.4 Å². The van der Waals surface area contributed by atoms with E-state index in [0.717, 1.165) is 25.9 Å². The van der Waals surface area contributed by atoms with Crippen molar-refractivity contribution in [2.24, 2.45) is 17.8 Å². The Balaban J connectivity index is 2.06. The first-order valence-electron chi connectivity index (χ1n) is 4.71. The van der Waals surface area contributed by atoms with E-state index in [9.17, 15) is 4.79 Å². The summed E-state index contributed by atoms with van der Waals surface area (Å²) in [4.78, 5) is 10.8. The second kappa shape index (κ2) is 3.05. The van der Waals surface area contributed by atoms with Gasteiger partial charge in [0.15, 0.2) is 0 Å². The van der Waals surface area contributed by atoms with Crippen molar-refractivity contribution in [1.29, 1.82) is 0 Å². The number of hydrogen-bond acceptors (Lipinski definition) is 2. The number of fused-ring (bicyclic) bond motifs is 2. The van der Waals surface area contributed by atoms with Crippen molar-refractivity contribution in [2.75, 3.05) is 13.1 Å². The Kier molecular flexibility index (Phi) is 2.05. The van der Waals surface area contributed by atoms with E-state index >= 15 is 0 Å². The van der Waals surface area contributed by atoms with Crippen LogP contribution in [0.3, 0.4) is 0 Å².